The van der Waals surface area contributed by atoms with Gasteiger partial charge in [-0.1, -0.05) is 0 Å². The standard InChI is InChI=1S/C12H10F3N3O/c1-8(10-3-2-6-19-10)17-18-11-5-4-9(7-16-11)12(13,14)15/h2-7H,1H3,(H,16,18)/b17-8-. The van der Waals surface area contributed by atoms with Crippen LogP contribution in [0.1, 0.15) is 18.2 Å². The molecule has 0 spiro atoms. The first-order valence-corrected chi connectivity index (χ1v) is 5.34. The molecule has 0 aliphatic heterocycles. The molecule has 0 amide bonds. The number of rotatable bonds is 3. The van der Waals surface area contributed by atoms with Gasteiger partial charge in [0, 0.05) is 6.20 Å². The van der Waals surface area contributed by atoms with Crippen LogP contribution in [0.2, 0.25) is 0 Å². The van der Waals surface area contributed by atoms with Crippen LogP contribution >= 0.6 is 0 Å². The Bertz CT molecular complexity index is 559. The summed E-state index contributed by atoms with van der Waals surface area (Å²) in [5.41, 5.74) is 2.32. The fourth-order valence-corrected chi connectivity index (χ4v) is 1.31. The van der Waals surface area contributed by atoms with Crippen LogP contribution in [-0.2, 0) is 6.18 Å². The molecule has 2 aromatic heterocycles. The maximum atomic E-state index is 12.3. The first kappa shape index (κ1) is 13.1. The summed E-state index contributed by atoms with van der Waals surface area (Å²) in [4.78, 5) is 3.63. The molecule has 2 aromatic rings. The number of pyridine rings is 1. The molecule has 0 radical (unpaired) electrons. The fraction of sp³-hybridized carbons (Fsp3) is 0.167. The van der Waals surface area contributed by atoms with Crippen molar-refractivity contribution in [3.8, 4) is 0 Å². The number of alkyl halides is 3. The third-order valence-corrected chi connectivity index (χ3v) is 2.31. The van der Waals surface area contributed by atoms with E-state index < -0.39 is 11.7 Å². The second-order valence-electron chi connectivity index (χ2n) is 3.72. The minimum absolute atomic E-state index is 0.221. The Morgan fingerprint density at radius 3 is 2.63 bits per heavy atom. The van der Waals surface area contributed by atoms with Gasteiger partial charge in [0.25, 0.3) is 0 Å². The topological polar surface area (TPSA) is 50.4 Å². The molecule has 1 N–H and O–H groups in total. The van der Waals surface area contributed by atoms with Crippen molar-refractivity contribution in [2.45, 2.75) is 13.1 Å². The summed E-state index contributed by atoms with van der Waals surface area (Å²) in [5.74, 6) is 0.790. The van der Waals surface area contributed by atoms with E-state index >= 15 is 0 Å². The SMILES string of the molecule is C/C(=N/Nc1ccc(C(F)(F)F)cn1)c1ccco1. The van der Waals surface area contributed by atoms with Gasteiger partial charge in [0.15, 0.2) is 0 Å². The number of nitrogens with one attached hydrogen (secondary N) is 1. The van der Waals surface area contributed by atoms with Crippen LogP contribution in [0.15, 0.2) is 46.2 Å². The van der Waals surface area contributed by atoms with Gasteiger partial charge in [-0.15, -0.1) is 0 Å². The molecule has 0 unspecified atom stereocenters. The Labute approximate surface area is 107 Å². The Hall–Kier alpha value is -2.31. The van der Waals surface area contributed by atoms with E-state index in [9.17, 15) is 13.2 Å². The lowest BCUT2D eigenvalue weighted by molar-refractivity contribution is -0.137. The Balaban J connectivity index is 2.06. The van der Waals surface area contributed by atoms with Crippen LogP contribution in [-0.4, -0.2) is 10.7 Å². The van der Waals surface area contributed by atoms with Crippen molar-refractivity contribution in [1.29, 1.82) is 0 Å². The van der Waals surface area contributed by atoms with E-state index in [0.29, 0.717) is 11.5 Å². The number of halogens is 3. The Morgan fingerprint density at radius 1 is 1.32 bits per heavy atom. The van der Waals surface area contributed by atoms with Crippen molar-refractivity contribution in [2.24, 2.45) is 5.10 Å². The monoisotopic (exact) mass is 269 g/mol. The molecule has 0 atom stereocenters. The summed E-state index contributed by atoms with van der Waals surface area (Å²) >= 11 is 0. The maximum Gasteiger partial charge on any atom is 0.417 e. The molecule has 0 aliphatic rings. The van der Waals surface area contributed by atoms with E-state index in [4.69, 9.17) is 4.42 Å². The van der Waals surface area contributed by atoms with Crippen LogP contribution in [0.25, 0.3) is 0 Å². The molecular formula is C12H10F3N3O. The zero-order chi connectivity index (χ0) is 13.9. The summed E-state index contributed by atoms with van der Waals surface area (Å²) in [6.07, 6.45) is -2.14. The van der Waals surface area contributed by atoms with Gasteiger partial charge in [-0.2, -0.15) is 18.3 Å². The number of hydrogen-bond acceptors (Lipinski definition) is 4. The molecule has 100 valence electrons. The smallest absolute Gasteiger partial charge is 0.417 e. The first-order valence-electron chi connectivity index (χ1n) is 5.34. The first-order chi connectivity index (χ1) is 8.97. The van der Waals surface area contributed by atoms with Gasteiger partial charge >= 0.3 is 6.18 Å². The second kappa shape index (κ2) is 5.13. The van der Waals surface area contributed by atoms with Crippen LogP contribution in [0.3, 0.4) is 0 Å². The van der Waals surface area contributed by atoms with Crippen molar-refractivity contribution >= 4 is 11.5 Å². The average molecular weight is 269 g/mol. The summed E-state index contributed by atoms with van der Waals surface area (Å²) in [5, 5.41) is 3.96. The highest BCUT2D eigenvalue weighted by atomic mass is 19.4. The summed E-state index contributed by atoms with van der Waals surface area (Å²) < 4.78 is 42.1. The average Bonchev–Trinajstić information content (AvgIpc) is 2.89. The van der Waals surface area contributed by atoms with Crippen molar-refractivity contribution in [3.63, 3.8) is 0 Å². The normalized spacial score (nSPS) is 12.5. The number of anilines is 1. The van der Waals surface area contributed by atoms with Gasteiger partial charge in [-0.05, 0) is 31.2 Å². The number of hydrazone groups is 1. The lowest BCUT2D eigenvalue weighted by Gasteiger charge is -2.06. The molecule has 0 aromatic carbocycles. The predicted molar refractivity (Wildman–Crippen MR) is 63.8 cm³/mol. The molecule has 4 nitrogen and oxygen atoms in total. The number of nitrogens with zero attached hydrogens (tertiary/aromatic N) is 2. The molecule has 2 heterocycles. The molecular weight excluding hydrogens is 259 g/mol. The van der Waals surface area contributed by atoms with Gasteiger partial charge < -0.3 is 4.42 Å². The third-order valence-electron chi connectivity index (χ3n) is 2.31. The predicted octanol–water partition coefficient (Wildman–Crippen LogP) is 3.53. The molecule has 19 heavy (non-hydrogen) atoms. The Morgan fingerprint density at radius 2 is 2.11 bits per heavy atom. The number of hydrogen-bond donors (Lipinski definition) is 1. The van der Waals surface area contributed by atoms with Gasteiger partial charge in [0.05, 0.1) is 11.8 Å². The summed E-state index contributed by atoms with van der Waals surface area (Å²) in [7, 11) is 0. The van der Waals surface area contributed by atoms with Gasteiger partial charge in [0.1, 0.15) is 17.3 Å². The lowest BCUT2D eigenvalue weighted by Crippen LogP contribution is -2.06. The Kier molecular flexibility index (Phi) is 3.55. The minimum atomic E-state index is -4.39. The van der Waals surface area contributed by atoms with Gasteiger partial charge in [0.2, 0.25) is 0 Å². The lowest BCUT2D eigenvalue weighted by atomic mass is 10.3. The fourth-order valence-electron chi connectivity index (χ4n) is 1.31. The van der Waals surface area contributed by atoms with E-state index in [2.05, 4.69) is 15.5 Å². The number of aromatic nitrogens is 1. The van der Waals surface area contributed by atoms with Crippen LogP contribution in [0.5, 0.6) is 0 Å². The zero-order valence-corrected chi connectivity index (χ0v) is 9.90. The highest BCUT2D eigenvalue weighted by molar-refractivity contribution is 5.96. The highest BCUT2D eigenvalue weighted by Gasteiger charge is 2.30. The quantitative estimate of drug-likeness (QED) is 0.685. The molecule has 0 aliphatic carbocycles. The second-order valence-corrected chi connectivity index (χ2v) is 3.72. The zero-order valence-electron chi connectivity index (χ0n) is 9.90. The van der Waals surface area contributed by atoms with Crippen LogP contribution in [0.4, 0.5) is 19.0 Å². The van der Waals surface area contributed by atoms with E-state index in [-0.39, 0.29) is 5.82 Å². The molecule has 0 bridgehead atoms. The van der Waals surface area contributed by atoms with Crippen molar-refractivity contribution in [2.75, 3.05) is 5.43 Å². The van der Waals surface area contributed by atoms with E-state index in [1.807, 2.05) is 0 Å². The molecule has 0 fully saturated rings. The molecule has 0 saturated heterocycles. The van der Waals surface area contributed by atoms with Gasteiger partial charge in [-0.25, -0.2) is 4.98 Å². The largest absolute Gasteiger partial charge is 0.463 e. The van der Waals surface area contributed by atoms with Crippen LogP contribution < -0.4 is 5.43 Å². The summed E-state index contributed by atoms with van der Waals surface area (Å²) in [6.45, 7) is 1.70. The third kappa shape index (κ3) is 3.34. The van der Waals surface area contributed by atoms with Crippen molar-refractivity contribution in [1.82, 2.24) is 4.98 Å². The highest BCUT2D eigenvalue weighted by Crippen LogP contribution is 2.28. The number of furan rings is 1. The van der Waals surface area contributed by atoms with E-state index in [1.165, 1.54) is 12.3 Å². The van der Waals surface area contributed by atoms with E-state index in [0.717, 1.165) is 12.3 Å². The van der Waals surface area contributed by atoms with Crippen LogP contribution in [0, 0.1) is 0 Å². The van der Waals surface area contributed by atoms with Crippen molar-refractivity contribution in [3.05, 3.63) is 48.0 Å². The summed E-state index contributed by atoms with van der Waals surface area (Å²) in [6, 6.07) is 5.58. The molecule has 0 saturated carbocycles. The minimum Gasteiger partial charge on any atom is -0.463 e. The maximum absolute atomic E-state index is 12.3. The van der Waals surface area contributed by atoms with Crippen molar-refractivity contribution < 1.29 is 17.6 Å². The molecule has 2 rings (SSSR count). The molecule has 7 heteroatoms. The van der Waals surface area contributed by atoms with Gasteiger partial charge in [-0.3, -0.25) is 5.43 Å². The van der Waals surface area contributed by atoms with E-state index in [1.54, 1.807) is 19.1 Å².